The number of phenolic OH excluding ortho intramolecular Hbond substituents is 2. The second-order valence-corrected chi connectivity index (χ2v) is 5.08. The normalized spacial score (nSPS) is 11.5. The van der Waals surface area contributed by atoms with Crippen molar-refractivity contribution in [3.05, 3.63) is 52.5 Å². The molecule has 3 aromatic rings. The minimum Gasteiger partial charge on any atom is -0.504 e. The quantitative estimate of drug-likeness (QED) is 0.411. The third kappa shape index (κ3) is 3.01. The zero-order chi connectivity index (χ0) is 19.1. The van der Waals surface area contributed by atoms with E-state index in [1.54, 1.807) is 0 Å². The first-order chi connectivity index (χ1) is 12.2. The number of oxazole rings is 1. The lowest BCUT2D eigenvalue weighted by atomic mass is 10.1. The zero-order valence-electron chi connectivity index (χ0n) is 12.6. The number of alkyl halides is 3. The van der Waals surface area contributed by atoms with Crippen molar-refractivity contribution in [3.8, 4) is 34.2 Å². The molecule has 0 aliphatic carbocycles. The summed E-state index contributed by atoms with van der Waals surface area (Å²) >= 11 is 0. The van der Waals surface area contributed by atoms with Gasteiger partial charge in [-0.15, -0.1) is 0 Å². The number of hydrogen-bond donors (Lipinski definition) is 2. The van der Waals surface area contributed by atoms with E-state index in [0.717, 1.165) is 36.9 Å². The van der Waals surface area contributed by atoms with Crippen molar-refractivity contribution in [1.82, 2.24) is 9.97 Å². The van der Waals surface area contributed by atoms with E-state index in [-0.39, 0.29) is 11.3 Å². The molecule has 8 nitrogen and oxygen atoms in total. The summed E-state index contributed by atoms with van der Waals surface area (Å²) in [5.41, 5.74) is -2.50. The molecule has 0 atom stereocenters. The number of nitrogens with zero attached hydrogens (tertiary/aromatic N) is 3. The van der Waals surface area contributed by atoms with Crippen LogP contribution in [0.2, 0.25) is 0 Å². The van der Waals surface area contributed by atoms with Gasteiger partial charge in [-0.25, -0.2) is 4.98 Å². The van der Waals surface area contributed by atoms with Crippen LogP contribution in [0.25, 0.3) is 22.7 Å². The molecule has 26 heavy (non-hydrogen) atoms. The second kappa shape index (κ2) is 6.02. The minimum absolute atomic E-state index is 0.200. The summed E-state index contributed by atoms with van der Waals surface area (Å²) in [6, 6.07) is 2.38. The molecule has 2 N–H and O–H groups in total. The standard InChI is InChI=1S/C15H8F3N3O5/c16-15(17,18)10-1-2-19-5-9(10)14-20-11(6-26-14)8-3-7(21(24)25)4-12(22)13(8)23/h1-6,22-23H. The van der Waals surface area contributed by atoms with E-state index in [0.29, 0.717) is 0 Å². The van der Waals surface area contributed by atoms with Crippen molar-refractivity contribution in [2.24, 2.45) is 0 Å². The molecule has 2 aromatic heterocycles. The summed E-state index contributed by atoms with van der Waals surface area (Å²) in [4.78, 5) is 17.5. The molecule has 3 rings (SSSR count). The molecule has 0 bridgehead atoms. The number of phenols is 2. The number of non-ortho nitro benzene ring substituents is 1. The Bertz CT molecular complexity index is 1000. The SMILES string of the molecule is O=[N+]([O-])c1cc(O)c(O)c(-c2coc(-c3cnccc3C(F)(F)F)n2)c1. The van der Waals surface area contributed by atoms with Gasteiger partial charge in [-0.05, 0) is 6.07 Å². The smallest absolute Gasteiger partial charge is 0.417 e. The molecule has 0 amide bonds. The summed E-state index contributed by atoms with van der Waals surface area (Å²) in [5.74, 6) is -1.96. The molecule has 0 unspecified atom stereocenters. The van der Waals surface area contributed by atoms with Crippen molar-refractivity contribution >= 4 is 5.69 Å². The topological polar surface area (TPSA) is 123 Å². The number of nitro groups is 1. The Balaban J connectivity index is 2.12. The number of aromatic hydroxyl groups is 2. The fourth-order valence-corrected chi connectivity index (χ4v) is 2.24. The van der Waals surface area contributed by atoms with Crippen LogP contribution < -0.4 is 0 Å². The van der Waals surface area contributed by atoms with Gasteiger partial charge in [0, 0.05) is 18.5 Å². The molecule has 0 fully saturated rings. The van der Waals surface area contributed by atoms with E-state index in [1.165, 1.54) is 0 Å². The molecular weight excluding hydrogens is 359 g/mol. The summed E-state index contributed by atoms with van der Waals surface area (Å²) in [5, 5.41) is 30.3. The molecule has 2 heterocycles. The summed E-state index contributed by atoms with van der Waals surface area (Å²) in [6.07, 6.45) is -1.91. The van der Waals surface area contributed by atoms with Gasteiger partial charge in [-0.1, -0.05) is 0 Å². The Morgan fingerprint density at radius 2 is 1.92 bits per heavy atom. The van der Waals surface area contributed by atoms with Crippen LogP contribution >= 0.6 is 0 Å². The van der Waals surface area contributed by atoms with E-state index < -0.39 is 45.3 Å². The first-order valence-corrected chi connectivity index (χ1v) is 6.86. The van der Waals surface area contributed by atoms with Crippen LogP contribution in [0.5, 0.6) is 11.5 Å². The highest BCUT2D eigenvalue weighted by Crippen LogP contribution is 2.41. The van der Waals surface area contributed by atoms with E-state index in [9.17, 15) is 33.5 Å². The van der Waals surface area contributed by atoms with Crippen molar-refractivity contribution in [2.45, 2.75) is 6.18 Å². The average Bonchev–Trinajstić information content (AvgIpc) is 3.06. The Hall–Kier alpha value is -3.63. The van der Waals surface area contributed by atoms with Gasteiger partial charge in [0.15, 0.2) is 11.5 Å². The van der Waals surface area contributed by atoms with Gasteiger partial charge >= 0.3 is 6.18 Å². The predicted molar refractivity (Wildman–Crippen MR) is 80.2 cm³/mol. The number of rotatable bonds is 3. The van der Waals surface area contributed by atoms with Crippen LogP contribution in [0.1, 0.15) is 5.56 Å². The number of halogens is 3. The maximum absolute atomic E-state index is 13.1. The molecule has 134 valence electrons. The van der Waals surface area contributed by atoms with E-state index in [4.69, 9.17) is 4.42 Å². The van der Waals surface area contributed by atoms with Crippen LogP contribution in [0.4, 0.5) is 18.9 Å². The zero-order valence-corrected chi connectivity index (χ0v) is 12.6. The van der Waals surface area contributed by atoms with Crippen molar-refractivity contribution < 1.29 is 32.7 Å². The van der Waals surface area contributed by atoms with Crippen molar-refractivity contribution in [3.63, 3.8) is 0 Å². The van der Waals surface area contributed by atoms with Crippen molar-refractivity contribution in [2.75, 3.05) is 0 Å². The third-order valence-corrected chi connectivity index (χ3v) is 3.42. The number of pyridine rings is 1. The van der Waals surface area contributed by atoms with Crippen LogP contribution in [-0.2, 0) is 6.18 Å². The van der Waals surface area contributed by atoms with Gasteiger partial charge in [-0.2, -0.15) is 13.2 Å². The number of hydrogen-bond acceptors (Lipinski definition) is 7. The lowest BCUT2D eigenvalue weighted by molar-refractivity contribution is -0.384. The highest BCUT2D eigenvalue weighted by atomic mass is 19.4. The molecule has 0 spiro atoms. The molecule has 0 saturated heterocycles. The van der Waals surface area contributed by atoms with E-state index in [2.05, 4.69) is 9.97 Å². The van der Waals surface area contributed by atoms with E-state index in [1.807, 2.05) is 0 Å². The first kappa shape index (κ1) is 17.2. The Morgan fingerprint density at radius 3 is 2.58 bits per heavy atom. The second-order valence-electron chi connectivity index (χ2n) is 5.08. The molecule has 0 saturated carbocycles. The summed E-state index contributed by atoms with van der Waals surface area (Å²) < 4.78 is 44.3. The monoisotopic (exact) mass is 367 g/mol. The van der Waals surface area contributed by atoms with Crippen LogP contribution in [-0.4, -0.2) is 25.1 Å². The Morgan fingerprint density at radius 1 is 1.19 bits per heavy atom. The molecule has 0 aliphatic heterocycles. The summed E-state index contributed by atoms with van der Waals surface area (Å²) in [7, 11) is 0. The Kier molecular flexibility index (Phi) is 3.98. The van der Waals surface area contributed by atoms with Gasteiger partial charge < -0.3 is 14.6 Å². The lowest BCUT2D eigenvalue weighted by Gasteiger charge is -2.09. The fraction of sp³-hybridized carbons (Fsp3) is 0.0667. The fourth-order valence-electron chi connectivity index (χ4n) is 2.24. The highest BCUT2D eigenvalue weighted by molar-refractivity contribution is 5.74. The van der Waals surface area contributed by atoms with Crippen LogP contribution in [0.3, 0.4) is 0 Å². The predicted octanol–water partition coefficient (Wildman–Crippen LogP) is 3.74. The van der Waals surface area contributed by atoms with Crippen LogP contribution in [0, 0.1) is 10.1 Å². The van der Waals surface area contributed by atoms with Gasteiger partial charge in [-0.3, -0.25) is 15.1 Å². The highest BCUT2D eigenvalue weighted by Gasteiger charge is 2.35. The van der Waals surface area contributed by atoms with E-state index >= 15 is 0 Å². The molecule has 0 aliphatic rings. The number of benzene rings is 1. The molecule has 0 radical (unpaired) electrons. The van der Waals surface area contributed by atoms with Crippen LogP contribution in [0.15, 0.2) is 41.3 Å². The average molecular weight is 367 g/mol. The first-order valence-electron chi connectivity index (χ1n) is 6.86. The van der Waals surface area contributed by atoms with Gasteiger partial charge in [0.05, 0.1) is 27.7 Å². The lowest BCUT2D eigenvalue weighted by Crippen LogP contribution is -2.07. The summed E-state index contributed by atoms with van der Waals surface area (Å²) in [6.45, 7) is 0. The largest absolute Gasteiger partial charge is 0.504 e. The maximum atomic E-state index is 13.1. The molecule has 1 aromatic carbocycles. The minimum atomic E-state index is -4.68. The molecule has 11 heteroatoms. The van der Waals surface area contributed by atoms with Crippen molar-refractivity contribution in [1.29, 1.82) is 0 Å². The third-order valence-electron chi connectivity index (χ3n) is 3.42. The Labute approximate surface area is 142 Å². The molecular formula is C15H8F3N3O5. The van der Waals surface area contributed by atoms with Gasteiger partial charge in [0.2, 0.25) is 5.89 Å². The number of nitro benzene ring substituents is 1. The number of aromatic nitrogens is 2. The van der Waals surface area contributed by atoms with Gasteiger partial charge in [0.25, 0.3) is 5.69 Å². The van der Waals surface area contributed by atoms with Gasteiger partial charge in [0.1, 0.15) is 12.0 Å². The maximum Gasteiger partial charge on any atom is 0.417 e.